The molecule has 1 aromatic rings. The lowest BCUT2D eigenvalue weighted by Crippen LogP contribution is -2.62. The molecule has 1 aromatic heterocycles. The molecule has 17 heavy (non-hydrogen) atoms. The zero-order valence-electron chi connectivity index (χ0n) is 10.3. The summed E-state index contributed by atoms with van der Waals surface area (Å²) in [6.45, 7) is 5.12. The number of pyridine rings is 1. The van der Waals surface area contributed by atoms with Crippen molar-refractivity contribution in [2.24, 2.45) is 0 Å². The standard InChI is InChI=1S/C13H17N3O/c1-3-5-13(17)8-16(9-13)12-11(7-14)10(2)4-6-15-12/h4,6,17H,3,5,8-9H2,1-2H3. The molecule has 90 valence electrons. The van der Waals surface area contributed by atoms with E-state index in [4.69, 9.17) is 5.26 Å². The van der Waals surface area contributed by atoms with E-state index >= 15 is 0 Å². The second kappa shape index (κ2) is 4.34. The number of β-amino-alcohol motifs (C(OH)–C–C–N with tert-alkyl or cyclic N) is 1. The van der Waals surface area contributed by atoms with Gasteiger partial charge in [-0.2, -0.15) is 5.26 Å². The van der Waals surface area contributed by atoms with Gasteiger partial charge in [-0.05, 0) is 25.0 Å². The maximum absolute atomic E-state index is 10.1. The normalized spacial score (nSPS) is 17.4. The Bertz CT molecular complexity index is 458. The molecule has 1 fully saturated rings. The van der Waals surface area contributed by atoms with Crippen LogP contribution in [0.4, 0.5) is 5.82 Å². The predicted octanol–water partition coefficient (Wildman–Crippen LogP) is 1.61. The molecule has 0 bridgehead atoms. The monoisotopic (exact) mass is 231 g/mol. The largest absolute Gasteiger partial charge is 0.386 e. The molecular weight excluding hydrogens is 214 g/mol. The van der Waals surface area contributed by atoms with Crippen molar-refractivity contribution in [2.75, 3.05) is 18.0 Å². The Morgan fingerprint density at radius 1 is 1.59 bits per heavy atom. The SMILES string of the molecule is CCCC1(O)CN(c2nccc(C)c2C#N)C1. The number of aliphatic hydroxyl groups is 1. The van der Waals surface area contributed by atoms with Crippen LogP contribution in [-0.2, 0) is 0 Å². The van der Waals surface area contributed by atoms with Crippen molar-refractivity contribution in [3.8, 4) is 6.07 Å². The van der Waals surface area contributed by atoms with Gasteiger partial charge in [0, 0.05) is 6.20 Å². The van der Waals surface area contributed by atoms with Gasteiger partial charge in [0.2, 0.25) is 0 Å². The van der Waals surface area contributed by atoms with Gasteiger partial charge >= 0.3 is 0 Å². The summed E-state index contributed by atoms with van der Waals surface area (Å²) in [5, 5.41) is 19.2. The Morgan fingerprint density at radius 3 is 2.88 bits per heavy atom. The molecular formula is C13H17N3O. The van der Waals surface area contributed by atoms with Crippen LogP contribution in [-0.4, -0.2) is 28.8 Å². The first kappa shape index (κ1) is 11.9. The van der Waals surface area contributed by atoms with E-state index in [0.29, 0.717) is 24.5 Å². The summed E-state index contributed by atoms with van der Waals surface area (Å²) >= 11 is 0. The van der Waals surface area contributed by atoms with Gasteiger partial charge in [0.25, 0.3) is 0 Å². The molecule has 0 amide bonds. The number of hydrogen-bond acceptors (Lipinski definition) is 4. The van der Waals surface area contributed by atoms with Crippen LogP contribution in [0.2, 0.25) is 0 Å². The quantitative estimate of drug-likeness (QED) is 0.858. The number of rotatable bonds is 3. The molecule has 0 aliphatic carbocycles. The van der Waals surface area contributed by atoms with Crippen molar-refractivity contribution in [1.29, 1.82) is 5.26 Å². The van der Waals surface area contributed by atoms with Gasteiger partial charge in [-0.3, -0.25) is 0 Å². The fraction of sp³-hybridized carbons (Fsp3) is 0.538. The molecule has 1 saturated heterocycles. The van der Waals surface area contributed by atoms with Crippen LogP contribution >= 0.6 is 0 Å². The second-order valence-corrected chi connectivity index (χ2v) is 4.77. The summed E-state index contributed by atoms with van der Waals surface area (Å²) in [5.74, 6) is 0.702. The minimum absolute atomic E-state index is 0.575. The zero-order chi connectivity index (χ0) is 12.5. The Labute approximate surface area is 102 Å². The second-order valence-electron chi connectivity index (χ2n) is 4.77. The minimum Gasteiger partial charge on any atom is -0.386 e. The van der Waals surface area contributed by atoms with Crippen LogP contribution in [0.3, 0.4) is 0 Å². The fourth-order valence-corrected chi connectivity index (χ4v) is 2.36. The van der Waals surface area contributed by atoms with Gasteiger partial charge < -0.3 is 10.0 Å². The van der Waals surface area contributed by atoms with Gasteiger partial charge in [0.15, 0.2) is 0 Å². The van der Waals surface area contributed by atoms with Crippen molar-refractivity contribution < 1.29 is 5.11 Å². The Hall–Kier alpha value is -1.60. The molecule has 0 aromatic carbocycles. The van der Waals surface area contributed by atoms with Crippen molar-refractivity contribution in [2.45, 2.75) is 32.3 Å². The van der Waals surface area contributed by atoms with Crippen molar-refractivity contribution >= 4 is 5.82 Å². The third-order valence-corrected chi connectivity index (χ3v) is 3.24. The highest BCUT2D eigenvalue weighted by Crippen LogP contribution is 2.32. The van der Waals surface area contributed by atoms with E-state index < -0.39 is 5.60 Å². The summed E-state index contributed by atoms with van der Waals surface area (Å²) < 4.78 is 0. The Balaban J connectivity index is 2.17. The number of nitriles is 1. The average Bonchev–Trinajstić information content (AvgIpc) is 2.25. The van der Waals surface area contributed by atoms with Crippen LogP contribution in [0.5, 0.6) is 0 Å². The van der Waals surface area contributed by atoms with Gasteiger partial charge in [-0.1, -0.05) is 13.3 Å². The van der Waals surface area contributed by atoms with E-state index in [2.05, 4.69) is 18.0 Å². The Kier molecular flexibility index (Phi) is 3.03. The third-order valence-electron chi connectivity index (χ3n) is 3.24. The smallest absolute Gasteiger partial charge is 0.146 e. The number of aromatic nitrogens is 1. The lowest BCUT2D eigenvalue weighted by atomic mass is 9.89. The van der Waals surface area contributed by atoms with Gasteiger partial charge in [-0.25, -0.2) is 4.98 Å². The van der Waals surface area contributed by atoms with Crippen LogP contribution < -0.4 is 4.90 Å². The van der Waals surface area contributed by atoms with Crippen molar-refractivity contribution in [1.82, 2.24) is 4.98 Å². The van der Waals surface area contributed by atoms with Crippen molar-refractivity contribution in [3.63, 3.8) is 0 Å². The van der Waals surface area contributed by atoms with E-state index in [1.54, 1.807) is 6.20 Å². The first-order valence-corrected chi connectivity index (χ1v) is 5.92. The summed E-state index contributed by atoms with van der Waals surface area (Å²) in [6, 6.07) is 4.02. The number of nitrogens with zero attached hydrogens (tertiary/aromatic N) is 3. The molecule has 0 unspecified atom stereocenters. The topological polar surface area (TPSA) is 60.1 Å². The maximum atomic E-state index is 10.1. The highest BCUT2D eigenvalue weighted by atomic mass is 16.3. The van der Waals surface area contributed by atoms with Crippen LogP contribution in [0, 0.1) is 18.3 Å². The number of hydrogen-bond donors (Lipinski definition) is 1. The summed E-state index contributed by atoms with van der Waals surface area (Å²) in [6.07, 6.45) is 3.48. The van der Waals surface area contributed by atoms with Crippen LogP contribution in [0.25, 0.3) is 0 Å². The van der Waals surface area contributed by atoms with Gasteiger partial charge in [0.1, 0.15) is 11.9 Å². The molecule has 4 nitrogen and oxygen atoms in total. The fourth-order valence-electron chi connectivity index (χ4n) is 2.36. The molecule has 0 radical (unpaired) electrons. The van der Waals surface area contributed by atoms with Crippen LogP contribution in [0.1, 0.15) is 30.9 Å². The highest BCUT2D eigenvalue weighted by Gasteiger charge is 2.41. The zero-order valence-corrected chi connectivity index (χ0v) is 10.3. The van der Waals surface area contributed by atoms with Crippen LogP contribution in [0.15, 0.2) is 12.3 Å². The van der Waals surface area contributed by atoms with E-state index in [9.17, 15) is 5.11 Å². The lowest BCUT2D eigenvalue weighted by Gasteiger charge is -2.47. The molecule has 2 rings (SSSR count). The summed E-state index contributed by atoms with van der Waals surface area (Å²) in [5.41, 5.74) is 0.960. The summed E-state index contributed by atoms with van der Waals surface area (Å²) in [7, 11) is 0. The number of aryl methyl sites for hydroxylation is 1. The summed E-state index contributed by atoms with van der Waals surface area (Å²) in [4.78, 5) is 6.22. The molecule has 0 atom stereocenters. The molecule has 1 aliphatic rings. The lowest BCUT2D eigenvalue weighted by molar-refractivity contribution is 0.00291. The molecule has 2 heterocycles. The predicted molar refractivity (Wildman–Crippen MR) is 65.8 cm³/mol. The van der Waals surface area contributed by atoms with Gasteiger partial charge in [-0.15, -0.1) is 0 Å². The van der Waals surface area contributed by atoms with E-state index in [-0.39, 0.29) is 0 Å². The molecule has 1 N–H and O–H groups in total. The number of anilines is 1. The van der Waals surface area contributed by atoms with E-state index in [1.165, 1.54) is 0 Å². The Morgan fingerprint density at radius 2 is 2.29 bits per heavy atom. The highest BCUT2D eigenvalue weighted by molar-refractivity contribution is 5.59. The first-order valence-electron chi connectivity index (χ1n) is 5.92. The maximum Gasteiger partial charge on any atom is 0.146 e. The van der Waals surface area contributed by atoms with E-state index in [0.717, 1.165) is 18.4 Å². The molecule has 0 spiro atoms. The molecule has 0 saturated carbocycles. The molecule has 4 heteroatoms. The van der Waals surface area contributed by atoms with E-state index in [1.807, 2.05) is 17.9 Å². The first-order chi connectivity index (χ1) is 8.09. The van der Waals surface area contributed by atoms with Crippen molar-refractivity contribution in [3.05, 3.63) is 23.4 Å². The average molecular weight is 231 g/mol. The minimum atomic E-state index is -0.590. The molecule has 1 aliphatic heterocycles. The third kappa shape index (κ3) is 2.11. The van der Waals surface area contributed by atoms with Gasteiger partial charge in [0.05, 0.1) is 24.3 Å².